The van der Waals surface area contributed by atoms with Gasteiger partial charge in [0.15, 0.2) is 0 Å². The highest BCUT2D eigenvalue weighted by atomic mass is 35.5. The van der Waals surface area contributed by atoms with Crippen molar-refractivity contribution in [3.8, 4) is 17.2 Å². The molecule has 0 heterocycles. The first-order valence-electron chi connectivity index (χ1n) is 5.27. The lowest BCUT2D eigenvalue weighted by Crippen LogP contribution is -1.87. The minimum atomic E-state index is 0.539. The zero-order chi connectivity index (χ0) is 12.3. The van der Waals surface area contributed by atoms with Crippen molar-refractivity contribution in [2.45, 2.75) is 6.92 Å². The van der Waals surface area contributed by atoms with E-state index in [1.54, 1.807) is 19.2 Å². The third-order valence-electron chi connectivity index (χ3n) is 2.35. The molecule has 0 saturated carbocycles. The van der Waals surface area contributed by atoms with Gasteiger partial charge in [0, 0.05) is 6.07 Å². The van der Waals surface area contributed by atoms with Gasteiger partial charge in [0.2, 0.25) is 0 Å². The van der Waals surface area contributed by atoms with E-state index in [0.717, 1.165) is 11.3 Å². The van der Waals surface area contributed by atoms with Crippen molar-refractivity contribution in [1.29, 1.82) is 0 Å². The molecule has 0 fully saturated rings. The molecular formula is C14H13ClO2. The van der Waals surface area contributed by atoms with Crippen LogP contribution in [0.4, 0.5) is 0 Å². The standard InChI is InChI=1S/C14H13ClO2/c1-10-4-3-5-11(8-10)17-12-6-7-14(16-2)13(15)9-12/h3-9H,1-2H3. The van der Waals surface area contributed by atoms with E-state index in [1.165, 1.54) is 0 Å². The first kappa shape index (κ1) is 11.8. The molecule has 0 amide bonds. The molecule has 0 saturated heterocycles. The minimum Gasteiger partial charge on any atom is -0.495 e. The van der Waals surface area contributed by atoms with Crippen molar-refractivity contribution in [3.63, 3.8) is 0 Å². The SMILES string of the molecule is COc1ccc(Oc2cccc(C)c2)cc1Cl. The van der Waals surface area contributed by atoms with Crippen LogP contribution in [0.25, 0.3) is 0 Å². The fourth-order valence-electron chi connectivity index (χ4n) is 1.53. The third kappa shape index (κ3) is 2.92. The van der Waals surface area contributed by atoms with E-state index in [1.807, 2.05) is 37.3 Å². The molecule has 0 N–H and O–H groups in total. The molecule has 2 aromatic rings. The summed E-state index contributed by atoms with van der Waals surface area (Å²) in [5.41, 5.74) is 1.15. The van der Waals surface area contributed by atoms with Gasteiger partial charge in [-0.2, -0.15) is 0 Å². The monoisotopic (exact) mass is 248 g/mol. The summed E-state index contributed by atoms with van der Waals surface area (Å²) in [4.78, 5) is 0. The fraction of sp³-hybridized carbons (Fsp3) is 0.143. The second kappa shape index (κ2) is 5.11. The number of hydrogen-bond donors (Lipinski definition) is 0. The smallest absolute Gasteiger partial charge is 0.137 e. The maximum atomic E-state index is 6.02. The average molecular weight is 249 g/mol. The molecule has 2 rings (SSSR count). The molecule has 17 heavy (non-hydrogen) atoms. The summed E-state index contributed by atoms with van der Waals surface area (Å²) in [6, 6.07) is 13.2. The molecule has 88 valence electrons. The van der Waals surface area contributed by atoms with Gasteiger partial charge in [-0.1, -0.05) is 23.7 Å². The molecule has 0 aliphatic rings. The van der Waals surface area contributed by atoms with E-state index in [9.17, 15) is 0 Å². The Hall–Kier alpha value is -1.67. The van der Waals surface area contributed by atoms with E-state index < -0.39 is 0 Å². The van der Waals surface area contributed by atoms with Crippen LogP contribution in [-0.2, 0) is 0 Å². The maximum absolute atomic E-state index is 6.02. The fourth-order valence-corrected chi connectivity index (χ4v) is 1.77. The van der Waals surface area contributed by atoms with E-state index in [-0.39, 0.29) is 0 Å². The summed E-state index contributed by atoms with van der Waals surface area (Å²) < 4.78 is 10.8. The highest BCUT2D eigenvalue weighted by Crippen LogP contribution is 2.31. The lowest BCUT2D eigenvalue weighted by molar-refractivity contribution is 0.413. The van der Waals surface area contributed by atoms with Crippen molar-refractivity contribution in [1.82, 2.24) is 0 Å². The van der Waals surface area contributed by atoms with E-state index in [4.69, 9.17) is 21.1 Å². The number of halogens is 1. The Morgan fingerprint density at radius 1 is 1.00 bits per heavy atom. The van der Waals surface area contributed by atoms with Crippen LogP contribution in [0.3, 0.4) is 0 Å². The Morgan fingerprint density at radius 2 is 1.76 bits per heavy atom. The summed E-state index contributed by atoms with van der Waals surface area (Å²) in [6.07, 6.45) is 0. The number of benzene rings is 2. The number of aryl methyl sites for hydroxylation is 1. The van der Waals surface area contributed by atoms with Crippen molar-refractivity contribution in [3.05, 3.63) is 53.1 Å². The minimum absolute atomic E-state index is 0.539. The number of methoxy groups -OCH3 is 1. The molecule has 0 aromatic heterocycles. The first-order valence-corrected chi connectivity index (χ1v) is 5.65. The van der Waals surface area contributed by atoms with E-state index in [2.05, 4.69) is 0 Å². The molecule has 0 aliphatic heterocycles. The van der Waals surface area contributed by atoms with Gasteiger partial charge in [-0.25, -0.2) is 0 Å². The van der Waals surface area contributed by atoms with Gasteiger partial charge < -0.3 is 9.47 Å². The Balaban J connectivity index is 2.22. The van der Waals surface area contributed by atoms with Crippen LogP contribution >= 0.6 is 11.6 Å². The van der Waals surface area contributed by atoms with Crippen LogP contribution < -0.4 is 9.47 Å². The Bertz CT molecular complexity index is 523. The van der Waals surface area contributed by atoms with Gasteiger partial charge in [0.1, 0.15) is 17.2 Å². The second-order valence-electron chi connectivity index (χ2n) is 3.71. The van der Waals surface area contributed by atoms with Crippen LogP contribution in [-0.4, -0.2) is 7.11 Å². The predicted molar refractivity (Wildman–Crippen MR) is 69.3 cm³/mol. The summed E-state index contributed by atoms with van der Waals surface area (Å²) in [6.45, 7) is 2.02. The van der Waals surface area contributed by atoms with Gasteiger partial charge in [0.05, 0.1) is 12.1 Å². The van der Waals surface area contributed by atoms with Crippen molar-refractivity contribution >= 4 is 11.6 Å². The molecule has 2 aromatic carbocycles. The average Bonchev–Trinajstić information content (AvgIpc) is 2.29. The summed E-state index contributed by atoms with van der Waals surface area (Å²) in [5.74, 6) is 2.14. The van der Waals surface area contributed by atoms with Crippen LogP contribution in [0.5, 0.6) is 17.2 Å². The first-order chi connectivity index (χ1) is 8.19. The van der Waals surface area contributed by atoms with Crippen molar-refractivity contribution in [2.75, 3.05) is 7.11 Å². The molecule has 0 spiro atoms. The van der Waals surface area contributed by atoms with E-state index >= 15 is 0 Å². The highest BCUT2D eigenvalue weighted by Gasteiger charge is 2.03. The summed E-state index contributed by atoms with van der Waals surface area (Å²) >= 11 is 6.02. The molecule has 3 heteroatoms. The zero-order valence-corrected chi connectivity index (χ0v) is 10.5. The van der Waals surface area contributed by atoms with Crippen LogP contribution in [0, 0.1) is 6.92 Å². The predicted octanol–water partition coefficient (Wildman–Crippen LogP) is 4.45. The zero-order valence-electron chi connectivity index (χ0n) is 9.74. The highest BCUT2D eigenvalue weighted by molar-refractivity contribution is 6.32. The summed E-state index contributed by atoms with van der Waals surface area (Å²) in [7, 11) is 1.59. The third-order valence-corrected chi connectivity index (χ3v) is 2.64. The van der Waals surface area contributed by atoms with Crippen LogP contribution in [0.2, 0.25) is 5.02 Å². The van der Waals surface area contributed by atoms with Gasteiger partial charge in [-0.3, -0.25) is 0 Å². The van der Waals surface area contributed by atoms with Gasteiger partial charge in [-0.05, 0) is 36.8 Å². The lowest BCUT2D eigenvalue weighted by Gasteiger charge is -2.08. The quantitative estimate of drug-likeness (QED) is 0.799. The van der Waals surface area contributed by atoms with Crippen LogP contribution in [0.15, 0.2) is 42.5 Å². The van der Waals surface area contributed by atoms with Gasteiger partial charge >= 0.3 is 0 Å². The topological polar surface area (TPSA) is 18.5 Å². The Labute approximate surface area is 106 Å². The molecule has 0 radical (unpaired) electrons. The lowest BCUT2D eigenvalue weighted by atomic mass is 10.2. The Morgan fingerprint density at radius 3 is 2.41 bits per heavy atom. The van der Waals surface area contributed by atoms with Crippen molar-refractivity contribution in [2.24, 2.45) is 0 Å². The maximum Gasteiger partial charge on any atom is 0.137 e. The van der Waals surface area contributed by atoms with Crippen LogP contribution in [0.1, 0.15) is 5.56 Å². The largest absolute Gasteiger partial charge is 0.495 e. The molecule has 0 atom stereocenters. The van der Waals surface area contributed by atoms with Crippen molar-refractivity contribution < 1.29 is 9.47 Å². The Kier molecular flexibility index (Phi) is 3.55. The molecule has 2 nitrogen and oxygen atoms in total. The molecule has 0 unspecified atom stereocenters. The normalized spacial score (nSPS) is 10.1. The van der Waals surface area contributed by atoms with E-state index in [0.29, 0.717) is 16.5 Å². The van der Waals surface area contributed by atoms with Gasteiger partial charge in [-0.15, -0.1) is 0 Å². The number of ether oxygens (including phenoxy) is 2. The number of hydrogen-bond acceptors (Lipinski definition) is 2. The molecule has 0 aliphatic carbocycles. The molecular weight excluding hydrogens is 236 g/mol. The summed E-state index contributed by atoms with van der Waals surface area (Å²) in [5, 5.41) is 0.539. The number of rotatable bonds is 3. The molecule has 0 bridgehead atoms. The second-order valence-corrected chi connectivity index (χ2v) is 4.12. The van der Waals surface area contributed by atoms with Gasteiger partial charge in [0.25, 0.3) is 0 Å².